The lowest BCUT2D eigenvalue weighted by Crippen LogP contribution is -2.38. The molecule has 2 aromatic carbocycles. The van der Waals surface area contributed by atoms with Crippen LogP contribution in [-0.4, -0.2) is 12.5 Å². The molecule has 0 aliphatic carbocycles. The van der Waals surface area contributed by atoms with E-state index in [2.05, 4.69) is 66.7 Å². The molecule has 132 valence electrons. The molecule has 0 saturated heterocycles. The number of nitrogens with zero attached hydrogens (tertiary/aromatic N) is 2. The number of hydrogen-bond donors (Lipinski definition) is 2. The molecule has 0 radical (unpaired) electrons. The Bertz CT molecular complexity index is 732. The second kappa shape index (κ2) is 10.7. The Morgan fingerprint density at radius 3 is 2.44 bits per heavy atom. The predicted molar refractivity (Wildman–Crippen MR) is 114 cm³/mol. The van der Waals surface area contributed by atoms with Gasteiger partial charge >= 0.3 is 0 Å². The van der Waals surface area contributed by atoms with E-state index in [-0.39, 0.29) is 30.0 Å². The number of aryl methyl sites for hydroxylation is 1. The average molecular weight is 448 g/mol. The first kappa shape index (κ1) is 21.0. The van der Waals surface area contributed by atoms with Gasteiger partial charge in [-0.1, -0.05) is 36.4 Å². The largest absolute Gasteiger partial charge is 0.357 e. The van der Waals surface area contributed by atoms with Crippen LogP contribution in [0.3, 0.4) is 0 Å². The Hall–Kier alpha value is -2.07. The Kier molecular flexibility index (Phi) is 9.00. The van der Waals surface area contributed by atoms with E-state index in [1.165, 1.54) is 11.1 Å². The molecule has 0 amide bonds. The van der Waals surface area contributed by atoms with Gasteiger partial charge in [0.1, 0.15) is 0 Å². The van der Waals surface area contributed by atoms with Crippen molar-refractivity contribution in [3.8, 4) is 6.07 Å². The smallest absolute Gasteiger partial charge is 0.192 e. The summed E-state index contributed by atoms with van der Waals surface area (Å²) in [5.74, 6) is 0.789. The fourth-order valence-corrected chi connectivity index (χ4v) is 2.53. The summed E-state index contributed by atoms with van der Waals surface area (Å²) < 4.78 is 0. The number of nitriles is 1. The van der Waals surface area contributed by atoms with Crippen LogP contribution in [0.2, 0.25) is 0 Å². The number of rotatable bonds is 5. The minimum Gasteiger partial charge on any atom is -0.357 e. The SMILES string of the molecule is CCNC(=NCc1ccc(C#N)cc1)NC(C)c1ccccc1C.I. The zero-order valence-corrected chi connectivity index (χ0v) is 17.2. The molecule has 25 heavy (non-hydrogen) atoms. The zero-order chi connectivity index (χ0) is 17.4. The van der Waals surface area contributed by atoms with E-state index in [0.29, 0.717) is 12.1 Å². The Balaban J connectivity index is 0.00000312. The second-order valence-corrected chi connectivity index (χ2v) is 5.73. The summed E-state index contributed by atoms with van der Waals surface area (Å²) in [6, 6.07) is 18.2. The molecule has 2 N–H and O–H groups in total. The summed E-state index contributed by atoms with van der Waals surface area (Å²) in [4.78, 5) is 4.65. The topological polar surface area (TPSA) is 60.2 Å². The van der Waals surface area contributed by atoms with Gasteiger partial charge in [0.05, 0.1) is 24.2 Å². The van der Waals surface area contributed by atoms with Gasteiger partial charge in [0.15, 0.2) is 5.96 Å². The molecule has 0 saturated carbocycles. The molecular weight excluding hydrogens is 423 g/mol. The average Bonchev–Trinajstić information content (AvgIpc) is 2.60. The third-order valence-corrected chi connectivity index (χ3v) is 3.86. The molecule has 5 heteroatoms. The molecule has 0 fully saturated rings. The molecule has 0 bridgehead atoms. The van der Waals surface area contributed by atoms with Crippen LogP contribution in [0.15, 0.2) is 53.5 Å². The van der Waals surface area contributed by atoms with Gasteiger partial charge in [0.25, 0.3) is 0 Å². The molecule has 0 aromatic heterocycles. The van der Waals surface area contributed by atoms with E-state index >= 15 is 0 Å². The van der Waals surface area contributed by atoms with Crippen LogP contribution in [0.1, 0.15) is 42.1 Å². The number of hydrogen-bond acceptors (Lipinski definition) is 2. The van der Waals surface area contributed by atoms with Crippen LogP contribution in [0.5, 0.6) is 0 Å². The van der Waals surface area contributed by atoms with Crippen molar-refractivity contribution in [1.82, 2.24) is 10.6 Å². The van der Waals surface area contributed by atoms with Gasteiger partial charge in [-0.25, -0.2) is 4.99 Å². The van der Waals surface area contributed by atoms with Gasteiger partial charge in [-0.15, -0.1) is 24.0 Å². The number of halogens is 1. The monoisotopic (exact) mass is 448 g/mol. The van der Waals surface area contributed by atoms with Crippen LogP contribution in [0.4, 0.5) is 0 Å². The summed E-state index contributed by atoms with van der Waals surface area (Å²) in [7, 11) is 0. The maximum atomic E-state index is 8.85. The predicted octanol–water partition coefficient (Wildman–Crippen LogP) is 4.30. The Morgan fingerprint density at radius 1 is 1.16 bits per heavy atom. The van der Waals surface area contributed by atoms with Gasteiger partial charge in [-0.3, -0.25) is 0 Å². The molecule has 1 unspecified atom stereocenters. The van der Waals surface area contributed by atoms with E-state index < -0.39 is 0 Å². The van der Waals surface area contributed by atoms with Crippen molar-refractivity contribution in [3.05, 3.63) is 70.8 Å². The summed E-state index contributed by atoms with van der Waals surface area (Å²) >= 11 is 0. The van der Waals surface area contributed by atoms with Crippen molar-refractivity contribution in [2.75, 3.05) is 6.54 Å². The van der Waals surface area contributed by atoms with E-state index in [9.17, 15) is 0 Å². The molecular formula is C20H25IN4. The standard InChI is InChI=1S/C20H24N4.HI/c1-4-22-20(23-14-18-11-9-17(13-21)10-12-18)24-16(3)19-8-6-5-7-15(19)2;/h5-12,16H,4,14H2,1-3H3,(H2,22,23,24);1H. The molecule has 1 atom stereocenters. The van der Waals surface area contributed by atoms with E-state index in [4.69, 9.17) is 5.26 Å². The quantitative estimate of drug-likeness (QED) is 0.408. The zero-order valence-electron chi connectivity index (χ0n) is 14.9. The van der Waals surface area contributed by atoms with Crippen molar-refractivity contribution < 1.29 is 0 Å². The van der Waals surface area contributed by atoms with Gasteiger partial charge < -0.3 is 10.6 Å². The van der Waals surface area contributed by atoms with E-state index in [1.807, 2.05) is 24.3 Å². The summed E-state index contributed by atoms with van der Waals surface area (Å²) in [6.45, 7) is 7.68. The number of benzene rings is 2. The van der Waals surface area contributed by atoms with Gasteiger partial charge in [-0.2, -0.15) is 5.26 Å². The third kappa shape index (κ3) is 6.39. The molecule has 0 spiro atoms. The fourth-order valence-electron chi connectivity index (χ4n) is 2.53. The number of aliphatic imine (C=N–C) groups is 1. The van der Waals surface area contributed by atoms with Crippen LogP contribution >= 0.6 is 24.0 Å². The second-order valence-electron chi connectivity index (χ2n) is 5.73. The molecule has 2 aromatic rings. The first-order valence-electron chi connectivity index (χ1n) is 8.23. The summed E-state index contributed by atoms with van der Waals surface area (Å²) in [5, 5.41) is 15.6. The Labute approximate surface area is 167 Å². The molecule has 2 rings (SSSR count). The van der Waals surface area contributed by atoms with Gasteiger partial charge in [-0.05, 0) is 49.6 Å². The van der Waals surface area contributed by atoms with E-state index in [1.54, 1.807) is 0 Å². The maximum absolute atomic E-state index is 8.85. The molecule has 0 heterocycles. The van der Waals surface area contributed by atoms with Crippen molar-refractivity contribution in [1.29, 1.82) is 5.26 Å². The van der Waals surface area contributed by atoms with Crippen LogP contribution < -0.4 is 10.6 Å². The number of nitrogens with one attached hydrogen (secondary N) is 2. The van der Waals surface area contributed by atoms with Crippen molar-refractivity contribution in [2.24, 2.45) is 4.99 Å². The minimum atomic E-state index is 0. The highest BCUT2D eigenvalue weighted by molar-refractivity contribution is 14.0. The first-order chi connectivity index (χ1) is 11.6. The molecule has 0 aliphatic heterocycles. The van der Waals surface area contributed by atoms with Gasteiger partial charge in [0.2, 0.25) is 0 Å². The third-order valence-electron chi connectivity index (χ3n) is 3.86. The van der Waals surface area contributed by atoms with Crippen molar-refractivity contribution in [3.63, 3.8) is 0 Å². The molecule has 4 nitrogen and oxygen atoms in total. The van der Waals surface area contributed by atoms with Gasteiger partial charge in [0, 0.05) is 6.54 Å². The number of guanidine groups is 1. The first-order valence-corrected chi connectivity index (χ1v) is 8.23. The van der Waals surface area contributed by atoms with E-state index in [0.717, 1.165) is 18.1 Å². The highest BCUT2D eigenvalue weighted by Crippen LogP contribution is 2.16. The lowest BCUT2D eigenvalue weighted by Gasteiger charge is -2.19. The van der Waals surface area contributed by atoms with Crippen molar-refractivity contribution >= 4 is 29.9 Å². The van der Waals surface area contributed by atoms with Crippen molar-refractivity contribution in [2.45, 2.75) is 33.4 Å². The lowest BCUT2D eigenvalue weighted by molar-refractivity contribution is 0.682. The normalized spacial score (nSPS) is 11.8. The minimum absolute atomic E-state index is 0. The van der Waals surface area contributed by atoms with Crippen LogP contribution in [0, 0.1) is 18.3 Å². The lowest BCUT2D eigenvalue weighted by atomic mass is 10.0. The molecule has 0 aliphatic rings. The Morgan fingerprint density at radius 2 is 1.84 bits per heavy atom. The van der Waals surface area contributed by atoms with Crippen LogP contribution in [-0.2, 0) is 6.54 Å². The van der Waals surface area contributed by atoms with Crippen LogP contribution in [0.25, 0.3) is 0 Å². The maximum Gasteiger partial charge on any atom is 0.192 e. The highest BCUT2D eigenvalue weighted by Gasteiger charge is 2.09. The summed E-state index contributed by atoms with van der Waals surface area (Å²) in [6.07, 6.45) is 0. The highest BCUT2D eigenvalue weighted by atomic mass is 127. The summed E-state index contributed by atoms with van der Waals surface area (Å²) in [5.41, 5.74) is 4.28. The fraction of sp³-hybridized carbons (Fsp3) is 0.300.